The minimum Gasteiger partial charge on any atom is -0.489 e. The smallest absolute Gasteiger partial charge is 0.249 e. The zero-order chi connectivity index (χ0) is 12.3. The predicted octanol–water partition coefficient (Wildman–Crippen LogP) is 1.84. The third kappa shape index (κ3) is 3.11. The molecule has 1 aromatic carbocycles. The Labute approximate surface area is 99.1 Å². The first kappa shape index (κ1) is 11.3. The summed E-state index contributed by atoms with van der Waals surface area (Å²) in [5, 5.41) is 0. The number of nitrogen functional groups attached to an aromatic ring is 1. The number of hydrogen-bond acceptors (Lipinski definition) is 3. The van der Waals surface area contributed by atoms with E-state index in [4.69, 9.17) is 10.5 Å². The zero-order valence-corrected chi connectivity index (χ0v) is 9.57. The van der Waals surface area contributed by atoms with Crippen LogP contribution < -0.4 is 16.0 Å². The third-order valence-electron chi connectivity index (χ3n) is 2.35. The van der Waals surface area contributed by atoms with Gasteiger partial charge in [0.2, 0.25) is 5.56 Å². The number of rotatable bonds is 3. The average molecular weight is 230 g/mol. The van der Waals surface area contributed by atoms with Gasteiger partial charge in [-0.25, -0.2) is 0 Å². The van der Waals surface area contributed by atoms with E-state index in [0.717, 1.165) is 11.3 Å². The Balaban J connectivity index is 2.07. The van der Waals surface area contributed by atoms with Crippen LogP contribution in [-0.4, -0.2) is 4.98 Å². The van der Waals surface area contributed by atoms with Gasteiger partial charge < -0.3 is 15.5 Å². The Morgan fingerprint density at radius 2 is 1.94 bits per heavy atom. The minimum atomic E-state index is -0.215. The molecule has 0 unspecified atom stereocenters. The summed E-state index contributed by atoms with van der Waals surface area (Å²) >= 11 is 0. The summed E-state index contributed by atoms with van der Waals surface area (Å²) in [6, 6.07) is 10.9. The number of hydrogen-bond donors (Lipinski definition) is 2. The van der Waals surface area contributed by atoms with Gasteiger partial charge in [0.25, 0.3) is 0 Å². The number of nitrogens with one attached hydrogen (secondary N) is 1. The van der Waals surface area contributed by atoms with E-state index in [1.54, 1.807) is 6.07 Å². The van der Waals surface area contributed by atoms with E-state index in [9.17, 15) is 4.79 Å². The van der Waals surface area contributed by atoms with E-state index in [2.05, 4.69) is 4.98 Å². The molecule has 4 nitrogen and oxygen atoms in total. The van der Waals surface area contributed by atoms with E-state index < -0.39 is 0 Å². The first-order chi connectivity index (χ1) is 8.13. The largest absolute Gasteiger partial charge is 0.489 e. The monoisotopic (exact) mass is 230 g/mol. The molecule has 0 aliphatic carbocycles. The molecular weight excluding hydrogens is 216 g/mol. The molecule has 2 aromatic rings. The van der Waals surface area contributed by atoms with Gasteiger partial charge in [-0.2, -0.15) is 0 Å². The van der Waals surface area contributed by atoms with Gasteiger partial charge in [-0.3, -0.25) is 4.79 Å². The van der Waals surface area contributed by atoms with Crippen molar-refractivity contribution in [1.82, 2.24) is 4.98 Å². The molecule has 0 atom stereocenters. The fraction of sp³-hybridized carbons (Fsp3) is 0.154. The molecule has 3 N–H and O–H groups in total. The average Bonchev–Trinajstić information content (AvgIpc) is 2.27. The molecule has 0 aliphatic heterocycles. The third-order valence-corrected chi connectivity index (χ3v) is 2.35. The molecule has 2 rings (SSSR count). The summed E-state index contributed by atoms with van der Waals surface area (Å²) in [6.45, 7) is 2.35. The topological polar surface area (TPSA) is 68.1 Å². The molecular formula is C13H14N2O2. The van der Waals surface area contributed by atoms with Crippen LogP contribution in [0, 0.1) is 6.92 Å². The highest BCUT2D eigenvalue weighted by atomic mass is 16.5. The number of benzene rings is 1. The van der Waals surface area contributed by atoms with Crippen molar-refractivity contribution < 1.29 is 4.74 Å². The Kier molecular flexibility index (Phi) is 3.14. The minimum absolute atomic E-state index is 0.215. The maximum absolute atomic E-state index is 11.2. The lowest BCUT2D eigenvalue weighted by molar-refractivity contribution is 0.306. The molecule has 0 radical (unpaired) electrons. The number of pyridine rings is 1. The summed E-state index contributed by atoms with van der Waals surface area (Å²) in [7, 11) is 0. The summed E-state index contributed by atoms with van der Waals surface area (Å²) in [6.07, 6.45) is 0. The fourth-order valence-electron chi connectivity index (χ4n) is 1.51. The quantitative estimate of drug-likeness (QED) is 0.845. The highest BCUT2D eigenvalue weighted by molar-refractivity contribution is 5.32. The van der Waals surface area contributed by atoms with Gasteiger partial charge in [0.15, 0.2) is 0 Å². The van der Waals surface area contributed by atoms with Crippen molar-refractivity contribution in [2.45, 2.75) is 13.5 Å². The van der Waals surface area contributed by atoms with Gasteiger partial charge in [0.1, 0.15) is 18.2 Å². The molecule has 0 saturated heterocycles. The number of nitrogens with two attached hydrogens (primary N) is 1. The van der Waals surface area contributed by atoms with Crippen molar-refractivity contribution in [2.75, 3.05) is 5.73 Å². The highest BCUT2D eigenvalue weighted by Gasteiger charge is 1.98. The molecule has 1 heterocycles. The number of aryl methyl sites for hydroxylation is 1. The van der Waals surface area contributed by atoms with Crippen LogP contribution in [0.25, 0.3) is 0 Å². The Bertz CT molecular complexity index is 558. The summed E-state index contributed by atoms with van der Waals surface area (Å²) in [4.78, 5) is 13.7. The molecule has 4 heteroatoms. The number of H-pyrrole nitrogens is 1. The fourth-order valence-corrected chi connectivity index (χ4v) is 1.51. The summed E-state index contributed by atoms with van der Waals surface area (Å²) < 4.78 is 5.55. The molecule has 0 aliphatic rings. The van der Waals surface area contributed by atoms with Crippen molar-refractivity contribution in [1.29, 1.82) is 0 Å². The second-order valence-electron chi connectivity index (χ2n) is 3.91. The molecule has 17 heavy (non-hydrogen) atoms. The highest BCUT2D eigenvalue weighted by Crippen LogP contribution is 2.13. The molecule has 0 bridgehead atoms. The van der Waals surface area contributed by atoms with Crippen molar-refractivity contribution >= 4 is 5.82 Å². The van der Waals surface area contributed by atoms with E-state index >= 15 is 0 Å². The number of aromatic amines is 1. The lowest BCUT2D eigenvalue weighted by Gasteiger charge is -2.06. The Morgan fingerprint density at radius 1 is 1.24 bits per heavy atom. The van der Waals surface area contributed by atoms with Crippen LogP contribution >= 0.6 is 0 Å². The Hall–Kier alpha value is -2.23. The van der Waals surface area contributed by atoms with Crippen LogP contribution in [0.1, 0.15) is 11.1 Å². The van der Waals surface area contributed by atoms with Crippen LogP contribution in [0.3, 0.4) is 0 Å². The van der Waals surface area contributed by atoms with Gasteiger partial charge in [-0.1, -0.05) is 17.7 Å². The van der Waals surface area contributed by atoms with Gasteiger partial charge in [-0.05, 0) is 30.7 Å². The van der Waals surface area contributed by atoms with Gasteiger partial charge in [0.05, 0.1) is 0 Å². The summed E-state index contributed by atoms with van der Waals surface area (Å²) in [5.74, 6) is 1.12. The van der Waals surface area contributed by atoms with E-state index in [0.29, 0.717) is 12.4 Å². The summed E-state index contributed by atoms with van der Waals surface area (Å²) in [5.41, 5.74) is 7.26. The number of ether oxygens (including phenoxy) is 1. The van der Waals surface area contributed by atoms with Gasteiger partial charge in [-0.15, -0.1) is 0 Å². The first-order valence-electron chi connectivity index (χ1n) is 5.32. The van der Waals surface area contributed by atoms with E-state index in [1.165, 1.54) is 11.6 Å². The molecule has 0 fully saturated rings. The standard InChI is InChI=1S/C13H14N2O2/c1-9-2-4-11(5-3-9)17-8-10-6-12(14)15-13(16)7-10/h2-7H,8H2,1H3,(H3,14,15,16). The Morgan fingerprint density at radius 3 is 2.59 bits per heavy atom. The van der Waals surface area contributed by atoms with Crippen LogP contribution in [0.15, 0.2) is 41.2 Å². The first-order valence-corrected chi connectivity index (χ1v) is 5.32. The number of anilines is 1. The normalized spacial score (nSPS) is 10.2. The SMILES string of the molecule is Cc1ccc(OCc2cc(N)[nH]c(=O)c2)cc1. The van der Waals surface area contributed by atoms with Gasteiger partial charge >= 0.3 is 0 Å². The lowest BCUT2D eigenvalue weighted by atomic mass is 10.2. The van der Waals surface area contributed by atoms with Crippen LogP contribution in [0.4, 0.5) is 5.82 Å². The molecule has 88 valence electrons. The molecule has 1 aromatic heterocycles. The van der Waals surface area contributed by atoms with Crippen molar-refractivity contribution in [3.63, 3.8) is 0 Å². The molecule has 0 saturated carbocycles. The molecule has 0 amide bonds. The van der Waals surface area contributed by atoms with Gasteiger partial charge in [0, 0.05) is 6.07 Å². The van der Waals surface area contributed by atoms with E-state index in [1.807, 2.05) is 31.2 Å². The lowest BCUT2D eigenvalue weighted by Crippen LogP contribution is -2.10. The molecule has 0 spiro atoms. The van der Waals surface area contributed by atoms with Crippen LogP contribution in [-0.2, 0) is 6.61 Å². The second-order valence-corrected chi connectivity index (χ2v) is 3.91. The maximum atomic E-state index is 11.2. The maximum Gasteiger partial charge on any atom is 0.249 e. The zero-order valence-electron chi connectivity index (χ0n) is 9.57. The van der Waals surface area contributed by atoms with E-state index in [-0.39, 0.29) is 5.56 Å². The van der Waals surface area contributed by atoms with Crippen LogP contribution in [0.5, 0.6) is 5.75 Å². The predicted molar refractivity (Wildman–Crippen MR) is 67.0 cm³/mol. The van der Waals surface area contributed by atoms with Crippen molar-refractivity contribution in [2.24, 2.45) is 0 Å². The second kappa shape index (κ2) is 4.74. The van der Waals surface area contributed by atoms with Crippen molar-refractivity contribution in [3.05, 3.63) is 57.9 Å². The van der Waals surface area contributed by atoms with Crippen LogP contribution in [0.2, 0.25) is 0 Å². The van der Waals surface area contributed by atoms with Crippen molar-refractivity contribution in [3.8, 4) is 5.75 Å². The number of aromatic nitrogens is 1.